The second kappa shape index (κ2) is 11.9. The van der Waals surface area contributed by atoms with Crippen LogP contribution in [0.25, 0.3) is 6.08 Å². The maximum absolute atomic E-state index is 13.2. The van der Waals surface area contributed by atoms with Gasteiger partial charge in [0, 0.05) is 35.2 Å². The van der Waals surface area contributed by atoms with E-state index in [2.05, 4.69) is 22.9 Å². The molecule has 0 atom stereocenters. The van der Waals surface area contributed by atoms with Gasteiger partial charge in [-0.3, -0.25) is 14.5 Å². The molecule has 9 heteroatoms. The van der Waals surface area contributed by atoms with Crippen molar-refractivity contribution in [2.24, 2.45) is 4.99 Å². The summed E-state index contributed by atoms with van der Waals surface area (Å²) >= 11 is 4.84. The van der Waals surface area contributed by atoms with Crippen molar-refractivity contribution in [1.29, 1.82) is 0 Å². The lowest BCUT2D eigenvalue weighted by Crippen LogP contribution is -2.40. The average molecular weight is 558 g/mol. The monoisotopic (exact) mass is 557 g/mol. The number of thioether (sulfide) groups is 1. The van der Waals surface area contributed by atoms with E-state index in [1.165, 1.54) is 11.8 Å². The largest absolute Gasteiger partial charge is 0.493 e. The molecule has 35 heavy (non-hydrogen) atoms. The number of halogens is 1. The van der Waals surface area contributed by atoms with Gasteiger partial charge in [0.25, 0.3) is 11.8 Å². The van der Waals surface area contributed by atoms with Gasteiger partial charge in [-0.15, -0.1) is 0 Å². The van der Waals surface area contributed by atoms with E-state index in [4.69, 9.17) is 14.5 Å². The molecule has 0 radical (unpaired) electrons. The van der Waals surface area contributed by atoms with Crippen LogP contribution in [0.1, 0.15) is 36.2 Å². The second-order valence-corrected chi connectivity index (χ2v) is 9.96. The number of hydrogen-bond donors (Lipinski definition) is 0. The molecule has 2 fully saturated rings. The predicted octanol–water partition coefficient (Wildman–Crippen LogP) is 5.33. The zero-order chi connectivity index (χ0) is 24.8. The van der Waals surface area contributed by atoms with Gasteiger partial charge < -0.3 is 14.4 Å². The number of aliphatic imine (C=N–C) groups is 1. The van der Waals surface area contributed by atoms with E-state index in [0.29, 0.717) is 60.8 Å². The van der Waals surface area contributed by atoms with Crippen LogP contribution in [0.5, 0.6) is 5.75 Å². The molecule has 2 aliphatic heterocycles. The van der Waals surface area contributed by atoms with Gasteiger partial charge >= 0.3 is 0 Å². The van der Waals surface area contributed by atoms with Gasteiger partial charge in [0.2, 0.25) is 0 Å². The van der Waals surface area contributed by atoms with Gasteiger partial charge in [0.1, 0.15) is 5.75 Å². The highest BCUT2D eigenvalue weighted by Gasteiger charge is 2.32. The Morgan fingerprint density at radius 1 is 1.20 bits per heavy atom. The maximum atomic E-state index is 13.2. The molecule has 2 amide bonds. The molecule has 0 saturated carbocycles. The number of carbonyl (C=O) groups excluding carboxylic acids is 2. The van der Waals surface area contributed by atoms with Gasteiger partial charge in [0.05, 0.1) is 30.4 Å². The Kier molecular flexibility index (Phi) is 8.64. The zero-order valence-electron chi connectivity index (χ0n) is 19.8. The van der Waals surface area contributed by atoms with Crippen LogP contribution in [-0.4, -0.2) is 66.2 Å². The van der Waals surface area contributed by atoms with Gasteiger partial charge in [-0.25, -0.2) is 4.99 Å². The number of amidine groups is 1. The van der Waals surface area contributed by atoms with E-state index >= 15 is 0 Å². The standard InChI is InChI=1S/C26H28BrN3O4S/c1-3-12-34-22-9-8-20(27)15-19(22)17-23-25(32)30(4-2)26(35-23)28-21-7-5-6-18(16-21)24(31)29-10-13-33-14-11-29/h5-9,15-17H,3-4,10-14H2,1-2H3/b23-17+,28-26?. The number of nitrogens with zero attached hydrogens (tertiary/aromatic N) is 3. The maximum Gasteiger partial charge on any atom is 0.266 e. The predicted molar refractivity (Wildman–Crippen MR) is 143 cm³/mol. The Morgan fingerprint density at radius 3 is 2.74 bits per heavy atom. The number of ether oxygens (including phenoxy) is 2. The fraction of sp³-hybridized carbons (Fsp3) is 0.346. The van der Waals surface area contributed by atoms with E-state index in [0.717, 1.165) is 22.2 Å². The summed E-state index contributed by atoms with van der Waals surface area (Å²) in [5.41, 5.74) is 2.04. The minimum atomic E-state index is -0.0989. The van der Waals surface area contributed by atoms with Crippen molar-refractivity contribution in [3.05, 3.63) is 63.0 Å². The number of rotatable bonds is 7. The fourth-order valence-corrected chi connectivity index (χ4v) is 5.19. The van der Waals surface area contributed by atoms with Crippen LogP contribution in [0.15, 0.2) is 56.8 Å². The number of hydrogen-bond acceptors (Lipinski definition) is 6. The van der Waals surface area contributed by atoms with Crippen LogP contribution in [0.3, 0.4) is 0 Å². The molecule has 0 aromatic heterocycles. The van der Waals surface area contributed by atoms with Crippen LogP contribution in [0, 0.1) is 0 Å². The van der Waals surface area contributed by atoms with Gasteiger partial charge in [-0.1, -0.05) is 28.9 Å². The molecule has 2 aliphatic rings. The first kappa shape index (κ1) is 25.5. The van der Waals surface area contributed by atoms with Crippen molar-refractivity contribution in [2.75, 3.05) is 39.5 Å². The second-order valence-electron chi connectivity index (χ2n) is 8.04. The molecule has 2 saturated heterocycles. The number of carbonyl (C=O) groups is 2. The van der Waals surface area contributed by atoms with Crippen molar-refractivity contribution in [2.45, 2.75) is 20.3 Å². The quantitative estimate of drug-likeness (QED) is 0.430. The minimum absolute atomic E-state index is 0.0345. The fourth-order valence-electron chi connectivity index (χ4n) is 3.75. The highest BCUT2D eigenvalue weighted by Crippen LogP contribution is 2.36. The van der Waals surface area contributed by atoms with Crippen LogP contribution in [-0.2, 0) is 9.53 Å². The van der Waals surface area contributed by atoms with Crippen molar-refractivity contribution in [3.8, 4) is 5.75 Å². The molecule has 0 unspecified atom stereocenters. The molecule has 2 aromatic rings. The Hall–Kier alpha value is -2.62. The summed E-state index contributed by atoms with van der Waals surface area (Å²) in [6.07, 6.45) is 2.75. The molecule has 2 aromatic carbocycles. The minimum Gasteiger partial charge on any atom is -0.493 e. The number of likely N-dealkylation sites (N-methyl/N-ethyl adjacent to an activating group) is 1. The Morgan fingerprint density at radius 2 is 2.00 bits per heavy atom. The smallest absolute Gasteiger partial charge is 0.266 e. The van der Waals surface area contributed by atoms with Crippen LogP contribution < -0.4 is 4.74 Å². The summed E-state index contributed by atoms with van der Waals surface area (Å²) in [6.45, 7) is 7.34. The molecule has 0 bridgehead atoms. The third-order valence-corrected chi connectivity index (χ3v) is 7.04. The zero-order valence-corrected chi connectivity index (χ0v) is 22.2. The van der Waals surface area contributed by atoms with Crippen molar-refractivity contribution in [3.63, 3.8) is 0 Å². The molecule has 0 spiro atoms. The van der Waals surface area contributed by atoms with Crippen LogP contribution >= 0.6 is 27.7 Å². The van der Waals surface area contributed by atoms with Crippen LogP contribution in [0.2, 0.25) is 0 Å². The van der Waals surface area contributed by atoms with E-state index in [1.54, 1.807) is 21.9 Å². The normalized spacial score (nSPS) is 18.5. The van der Waals surface area contributed by atoms with E-state index in [-0.39, 0.29) is 11.8 Å². The lowest BCUT2D eigenvalue weighted by molar-refractivity contribution is -0.122. The van der Waals surface area contributed by atoms with Crippen LogP contribution in [0.4, 0.5) is 5.69 Å². The first-order valence-electron chi connectivity index (χ1n) is 11.7. The Bertz CT molecular complexity index is 1160. The Balaban J connectivity index is 1.60. The summed E-state index contributed by atoms with van der Waals surface area (Å²) < 4.78 is 12.1. The molecule has 2 heterocycles. The third-order valence-electron chi connectivity index (χ3n) is 5.54. The van der Waals surface area contributed by atoms with Gasteiger partial charge in [0.15, 0.2) is 5.17 Å². The van der Waals surface area contributed by atoms with Crippen molar-refractivity contribution >= 4 is 56.4 Å². The number of amides is 2. The summed E-state index contributed by atoms with van der Waals surface area (Å²) in [6, 6.07) is 13.0. The Labute approximate surface area is 218 Å². The summed E-state index contributed by atoms with van der Waals surface area (Å²) in [5.74, 6) is 0.602. The number of benzene rings is 2. The highest BCUT2D eigenvalue weighted by molar-refractivity contribution is 9.10. The van der Waals surface area contributed by atoms with Crippen molar-refractivity contribution in [1.82, 2.24) is 9.80 Å². The lowest BCUT2D eigenvalue weighted by Gasteiger charge is -2.26. The van der Waals surface area contributed by atoms with Gasteiger partial charge in [-0.05, 0) is 67.6 Å². The first-order chi connectivity index (χ1) is 17.0. The lowest BCUT2D eigenvalue weighted by atomic mass is 10.1. The van der Waals surface area contributed by atoms with Crippen molar-refractivity contribution < 1.29 is 19.1 Å². The molecule has 0 aliphatic carbocycles. The van der Waals surface area contributed by atoms with E-state index in [1.807, 2.05) is 43.3 Å². The van der Waals surface area contributed by atoms with E-state index in [9.17, 15) is 9.59 Å². The molecule has 184 valence electrons. The summed E-state index contributed by atoms with van der Waals surface area (Å²) in [7, 11) is 0. The third kappa shape index (κ3) is 6.15. The molecular formula is C26H28BrN3O4S. The molecular weight excluding hydrogens is 530 g/mol. The number of morpholine rings is 1. The first-order valence-corrected chi connectivity index (χ1v) is 13.3. The summed E-state index contributed by atoms with van der Waals surface area (Å²) in [5, 5.41) is 0.589. The highest BCUT2D eigenvalue weighted by atomic mass is 79.9. The average Bonchev–Trinajstić information content (AvgIpc) is 3.17. The topological polar surface area (TPSA) is 71.4 Å². The SMILES string of the molecule is CCCOc1ccc(Br)cc1/C=C1/SC(=Nc2cccc(C(=O)N3CCOCC3)c2)N(CC)C1=O. The molecule has 0 N–H and O–H groups in total. The van der Waals surface area contributed by atoms with E-state index < -0.39 is 0 Å². The molecule has 4 rings (SSSR count). The molecule has 7 nitrogen and oxygen atoms in total. The van der Waals surface area contributed by atoms with Gasteiger partial charge in [-0.2, -0.15) is 0 Å². The summed E-state index contributed by atoms with van der Waals surface area (Å²) in [4.78, 5) is 34.8.